The van der Waals surface area contributed by atoms with E-state index in [0.717, 1.165) is 15.8 Å². The minimum Gasteiger partial charge on any atom is -0.494 e. The largest absolute Gasteiger partial charge is 0.494 e. The number of ether oxygens (including phenoxy) is 1. The number of hydrogen-bond donors (Lipinski definition) is 0. The van der Waals surface area contributed by atoms with Gasteiger partial charge in [0.25, 0.3) is 5.56 Å². The molecule has 5 aromatic rings. The van der Waals surface area contributed by atoms with Gasteiger partial charge in [0.05, 0.1) is 24.1 Å². The van der Waals surface area contributed by atoms with Crippen molar-refractivity contribution in [1.29, 1.82) is 0 Å². The van der Waals surface area contributed by atoms with Crippen molar-refractivity contribution in [1.82, 2.24) is 18.7 Å². The van der Waals surface area contributed by atoms with E-state index in [2.05, 4.69) is 5.10 Å². The molecule has 2 heterocycles. The predicted octanol–water partition coefficient (Wildman–Crippen LogP) is 3.45. The lowest BCUT2D eigenvalue weighted by molar-refractivity contribution is 0.0966. The number of para-hydroxylation sites is 1. The van der Waals surface area contributed by atoms with E-state index < -0.39 is 5.69 Å². The van der Waals surface area contributed by atoms with Crippen LogP contribution in [0.15, 0.2) is 82.4 Å². The van der Waals surface area contributed by atoms with E-state index in [1.807, 2.05) is 38.1 Å². The average molecular weight is 469 g/mol. The molecule has 0 saturated carbocycles. The van der Waals surface area contributed by atoms with Crippen molar-refractivity contribution in [2.75, 3.05) is 6.61 Å². The minimum absolute atomic E-state index is 0.193. The molecule has 8 nitrogen and oxygen atoms in total. The van der Waals surface area contributed by atoms with Crippen LogP contribution in [0, 0.1) is 6.92 Å². The van der Waals surface area contributed by atoms with Crippen LogP contribution in [0.25, 0.3) is 16.7 Å². The monoisotopic (exact) mass is 468 g/mol. The van der Waals surface area contributed by atoms with Gasteiger partial charge in [0.1, 0.15) is 12.3 Å². The fraction of sp³-hybridized carbons (Fsp3) is 0.185. The van der Waals surface area contributed by atoms with Crippen LogP contribution in [0.3, 0.4) is 0 Å². The van der Waals surface area contributed by atoms with Crippen molar-refractivity contribution in [2.45, 2.75) is 26.9 Å². The van der Waals surface area contributed by atoms with E-state index in [4.69, 9.17) is 4.74 Å². The summed E-state index contributed by atoms with van der Waals surface area (Å²) in [4.78, 5) is 39.7. The fourth-order valence-corrected chi connectivity index (χ4v) is 4.12. The first-order valence-corrected chi connectivity index (χ1v) is 11.4. The summed E-state index contributed by atoms with van der Waals surface area (Å²) in [5.41, 5.74) is 2.19. The highest BCUT2D eigenvalue weighted by Crippen LogP contribution is 2.15. The molecule has 3 aromatic carbocycles. The summed E-state index contributed by atoms with van der Waals surface area (Å²) in [5, 5.41) is 4.84. The van der Waals surface area contributed by atoms with Crippen molar-refractivity contribution in [2.24, 2.45) is 0 Å². The summed E-state index contributed by atoms with van der Waals surface area (Å²) in [6, 6.07) is 21.5. The van der Waals surface area contributed by atoms with E-state index in [-0.39, 0.29) is 30.2 Å². The Kier molecular flexibility index (Phi) is 5.78. The van der Waals surface area contributed by atoms with Crippen LogP contribution in [0.1, 0.15) is 28.4 Å². The zero-order chi connectivity index (χ0) is 24.5. The Morgan fingerprint density at radius 2 is 1.66 bits per heavy atom. The van der Waals surface area contributed by atoms with Gasteiger partial charge in [0.15, 0.2) is 5.78 Å². The molecule has 0 spiro atoms. The second-order valence-electron chi connectivity index (χ2n) is 8.35. The number of rotatable bonds is 7. The standard InChI is InChI=1S/C27H24N4O4/c1-3-35-21-14-12-20(13-15-21)24(32)17-30-27(34)31-23-7-5-4-6-22(23)25(33)29(26(31)28-30)16-19-10-8-18(2)9-11-19/h4-15H,3,16-17H2,1-2H3. The Labute approximate surface area is 200 Å². The molecule has 0 radical (unpaired) electrons. The van der Waals surface area contributed by atoms with Gasteiger partial charge in [0.2, 0.25) is 5.78 Å². The van der Waals surface area contributed by atoms with Crippen molar-refractivity contribution >= 4 is 22.5 Å². The Bertz CT molecular complexity index is 1660. The molecular formula is C27H24N4O4. The molecule has 0 aliphatic rings. The number of aryl methyl sites for hydroxylation is 1. The first-order valence-electron chi connectivity index (χ1n) is 11.4. The third-order valence-electron chi connectivity index (χ3n) is 5.93. The Morgan fingerprint density at radius 3 is 2.37 bits per heavy atom. The van der Waals surface area contributed by atoms with Gasteiger partial charge in [-0.3, -0.25) is 14.2 Å². The third-order valence-corrected chi connectivity index (χ3v) is 5.93. The summed E-state index contributed by atoms with van der Waals surface area (Å²) in [6.07, 6.45) is 0. The molecule has 0 unspecified atom stereocenters. The lowest BCUT2D eigenvalue weighted by Gasteiger charge is -2.10. The zero-order valence-corrected chi connectivity index (χ0v) is 19.5. The molecule has 0 N–H and O–H groups in total. The topological polar surface area (TPSA) is 87.6 Å². The SMILES string of the molecule is CCOc1ccc(C(=O)Cn2nc3n(Cc4ccc(C)cc4)c(=O)c4ccccc4n3c2=O)cc1. The van der Waals surface area contributed by atoms with Crippen LogP contribution in [-0.4, -0.2) is 31.1 Å². The van der Waals surface area contributed by atoms with Crippen molar-refractivity contribution < 1.29 is 9.53 Å². The molecule has 0 saturated heterocycles. The molecule has 0 atom stereocenters. The lowest BCUT2D eigenvalue weighted by Crippen LogP contribution is -2.27. The normalized spacial score (nSPS) is 11.3. The van der Waals surface area contributed by atoms with Gasteiger partial charge in [-0.05, 0) is 55.8 Å². The van der Waals surface area contributed by atoms with Gasteiger partial charge < -0.3 is 4.74 Å². The summed E-state index contributed by atoms with van der Waals surface area (Å²) < 4.78 is 9.42. The van der Waals surface area contributed by atoms with Crippen LogP contribution >= 0.6 is 0 Å². The smallest absolute Gasteiger partial charge is 0.352 e. The van der Waals surface area contributed by atoms with E-state index in [1.165, 1.54) is 8.97 Å². The summed E-state index contributed by atoms with van der Waals surface area (Å²) >= 11 is 0. The number of Topliss-reactive ketones (excluding diaryl/α,β-unsaturated/α-hetero) is 1. The highest BCUT2D eigenvalue weighted by Gasteiger charge is 2.19. The second kappa shape index (κ2) is 9.06. The molecule has 0 fully saturated rings. The van der Waals surface area contributed by atoms with E-state index in [9.17, 15) is 14.4 Å². The first kappa shape index (κ1) is 22.3. The zero-order valence-electron chi connectivity index (χ0n) is 19.5. The maximum Gasteiger partial charge on any atom is 0.352 e. The summed E-state index contributed by atoms with van der Waals surface area (Å²) in [5.74, 6) is 0.592. The molecule has 176 valence electrons. The molecule has 0 amide bonds. The van der Waals surface area contributed by atoms with Crippen LogP contribution in [0.4, 0.5) is 0 Å². The number of carbonyl (C=O) groups excluding carboxylic acids is 1. The first-order chi connectivity index (χ1) is 17.0. The van der Waals surface area contributed by atoms with Gasteiger partial charge in [0, 0.05) is 5.56 Å². The van der Waals surface area contributed by atoms with Crippen LogP contribution in [0.5, 0.6) is 5.75 Å². The van der Waals surface area contributed by atoms with E-state index in [0.29, 0.717) is 28.8 Å². The molecular weight excluding hydrogens is 444 g/mol. The maximum absolute atomic E-state index is 13.4. The Balaban J connectivity index is 1.61. The van der Waals surface area contributed by atoms with Gasteiger partial charge in [-0.15, -0.1) is 5.10 Å². The number of fused-ring (bicyclic) bond motifs is 3. The number of carbonyl (C=O) groups is 1. The van der Waals surface area contributed by atoms with Gasteiger partial charge in [-0.1, -0.05) is 42.0 Å². The quantitative estimate of drug-likeness (QED) is 0.342. The Morgan fingerprint density at radius 1 is 0.943 bits per heavy atom. The molecule has 2 aromatic heterocycles. The van der Waals surface area contributed by atoms with Crippen LogP contribution in [0.2, 0.25) is 0 Å². The predicted molar refractivity (Wildman–Crippen MR) is 133 cm³/mol. The number of benzene rings is 3. The number of hydrogen-bond acceptors (Lipinski definition) is 5. The molecule has 0 aliphatic heterocycles. The maximum atomic E-state index is 13.4. The molecule has 0 aliphatic carbocycles. The third kappa shape index (κ3) is 4.14. The average Bonchev–Trinajstić information content (AvgIpc) is 3.19. The molecule has 8 heteroatoms. The molecule has 5 rings (SSSR count). The van der Waals surface area contributed by atoms with Crippen LogP contribution < -0.4 is 16.0 Å². The summed E-state index contributed by atoms with van der Waals surface area (Å²) in [7, 11) is 0. The number of nitrogens with zero attached hydrogens (tertiary/aromatic N) is 4. The molecule has 0 bridgehead atoms. The lowest BCUT2D eigenvalue weighted by atomic mass is 10.1. The van der Waals surface area contributed by atoms with Crippen molar-refractivity contribution in [3.63, 3.8) is 0 Å². The highest BCUT2D eigenvalue weighted by molar-refractivity contribution is 5.96. The van der Waals surface area contributed by atoms with Crippen molar-refractivity contribution in [3.8, 4) is 5.75 Å². The Hall–Kier alpha value is -4.46. The fourth-order valence-electron chi connectivity index (χ4n) is 4.12. The van der Waals surface area contributed by atoms with Gasteiger partial charge in [-0.2, -0.15) is 0 Å². The number of ketones is 1. The van der Waals surface area contributed by atoms with Crippen LogP contribution in [-0.2, 0) is 13.1 Å². The second-order valence-corrected chi connectivity index (χ2v) is 8.35. The number of aromatic nitrogens is 4. The molecule has 35 heavy (non-hydrogen) atoms. The van der Waals surface area contributed by atoms with Crippen molar-refractivity contribution in [3.05, 3.63) is 110 Å². The van der Waals surface area contributed by atoms with Gasteiger partial charge >= 0.3 is 5.69 Å². The van der Waals surface area contributed by atoms with E-state index >= 15 is 0 Å². The van der Waals surface area contributed by atoms with E-state index in [1.54, 1.807) is 48.5 Å². The minimum atomic E-state index is -0.479. The highest BCUT2D eigenvalue weighted by atomic mass is 16.5. The van der Waals surface area contributed by atoms with Gasteiger partial charge in [-0.25, -0.2) is 13.9 Å². The summed E-state index contributed by atoms with van der Waals surface area (Å²) in [6.45, 7) is 4.41.